The van der Waals surface area contributed by atoms with Gasteiger partial charge in [-0.25, -0.2) is 9.59 Å². The fraction of sp³-hybridized carbons (Fsp3) is 0.500. The van der Waals surface area contributed by atoms with Gasteiger partial charge < -0.3 is 20.6 Å². The molecule has 0 aromatic heterocycles. The predicted octanol–water partition coefficient (Wildman–Crippen LogP) is 1.38. The Hall–Kier alpha value is -2.57. The summed E-state index contributed by atoms with van der Waals surface area (Å²) in [5.41, 5.74) is 0.830. The average Bonchev–Trinajstić information content (AvgIpc) is 3.04. The smallest absolute Gasteiger partial charge is 0.326 e. The maximum Gasteiger partial charge on any atom is 0.326 e. The highest BCUT2D eigenvalue weighted by Gasteiger charge is 2.36. The van der Waals surface area contributed by atoms with Gasteiger partial charge in [0.15, 0.2) is 0 Å². The summed E-state index contributed by atoms with van der Waals surface area (Å²) < 4.78 is 0. The molecule has 0 spiro atoms. The molecule has 1 heterocycles. The normalized spacial score (nSPS) is 18.0. The average molecular weight is 347 g/mol. The van der Waals surface area contributed by atoms with Gasteiger partial charge >= 0.3 is 12.0 Å². The van der Waals surface area contributed by atoms with Crippen LogP contribution in [0, 0.1) is 0 Å². The highest BCUT2D eigenvalue weighted by atomic mass is 16.4. The van der Waals surface area contributed by atoms with Crippen molar-refractivity contribution in [3.8, 4) is 0 Å². The molecule has 2 rings (SSSR count). The first-order valence-corrected chi connectivity index (χ1v) is 8.52. The number of carbonyl (C=O) groups is 3. The number of amides is 3. The van der Waals surface area contributed by atoms with Crippen LogP contribution in [0.4, 0.5) is 4.79 Å². The van der Waals surface area contributed by atoms with Gasteiger partial charge in [0.05, 0.1) is 0 Å². The van der Waals surface area contributed by atoms with Crippen LogP contribution < -0.4 is 10.6 Å². The second kappa shape index (κ2) is 8.50. The van der Waals surface area contributed by atoms with Crippen molar-refractivity contribution in [3.63, 3.8) is 0 Å². The molecule has 0 bridgehead atoms. The molecule has 0 saturated carbocycles. The van der Waals surface area contributed by atoms with Gasteiger partial charge in [-0.05, 0) is 32.3 Å². The van der Waals surface area contributed by atoms with Crippen molar-refractivity contribution in [3.05, 3.63) is 35.9 Å². The van der Waals surface area contributed by atoms with Crippen LogP contribution in [0.1, 0.15) is 32.3 Å². The molecule has 3 amide bonds. The topological polar surface area (TPSA) is 98.7 Å². The number of carboxylic acids is 1. The Kier molecular flexibility index (Phi) is 6.38. The first kappa shape index (κ1) is 18.8. The Bertz CT molecular complexity index is 618. The zero-order valence-electron chi connectivity index (χ0n) is 14.6. The van der Waals surface area contributed by atoms with Gasteiger partial charge in [-0.3, -0.25) is 4.79 Å². The minimum atomic E-state index is -1.09. The molecule has 0 radical (unpaired) electrons. The van der Waals surface area contributed by atoms with E-state index in [9.17, 15) is 19.5 Å². The lowest BCUT2D eigenvalue weighted by Gasteiger charge is -2.26. The molecular formula is C18H25N3O4. The monoisotopic (exact) mass is 347 g/mol. The predicted molar refractivity (Wildman–Crippen MR) is 93.1 cm³/mol. The van der Waals surface area contributed by atoms with E-state index in [1.165, 1.54) is 4.90 Å². The molecule has 0 aliphatic carbocycles. The fourth-order valence-corrected chi connectivity index (χ4v) is 2.93. The minimum Gasteiger partial charge on any atom is -0.480 e. The van der Waals surface area contributed by atoms with Crippen LogP contribution in [0.5, 0.6) is 0 Å². The number of nitrogens with one attached hydrogen (secondary N) is 2. The van der Waals surface area contributed by atoms with Gasteiger partial charge in [-0.15, -0.1) is 0 Å². The van der Waals surface area contributed by atoms with Crippen molar-refractivity contribution < 1.29 is 19.5 Å². The van der Waals surface area contributed by atoms with Crippen molar-refractivity contribution in [2.75, 3.05) is 6.54 Å². The van der Waals surface area contributed by atoms with Crippen molar-refractivity contribution >= 4 is 17.9 Å². The summed E-state index contributed by atoms with van der Waals surface area (Å²) in [7, 11) is 0. The van der Waals surface area contributed by atoms with Crippen LogP contribution in [0.3, 0.4) is 0 Å². The molecule has 3 N–H and O–H groups in total. The van der Waals surface area contributed by atoms with Crippen LogP contribution in [0.25, 0.3) is 0 Å². The van der Waals surface area contributed by atoms with Crippen LogP contribution in [0.15, 0.2) is 30.3 Å². The Morgan fingerprint density at radius 3 is 2.48 bits per heavy atom. The number of likely N-dealkylation sites (tertiary alicyclic amines) is 1. The van der Waals surface area contributed by atoms with Gasteiger partial charge in [0.25, 0.3) is 0 Å². The number of carbonyl (C=O) groups excluding carboxylic acids is 2. The van der Waals surface area contributed by atoms with Crippen LogP contribution in [0.2, 0.25) is 0 Å². The molecule has 2 atom stereocenters. The second-order valence-electron chi connectivity index (χ2n) is 6.54. The Labute approximate surface area is 147 Å². The molecule has 7 heteroatoms. The van der Waals surface area contributed by atoms with Crippen LogP contribution >= 0.6 is 0 Å². The summed E-state index contributed by atoms with van der Waals surface area (Å²) >= 11 is 0. The summed E-state index contributed by atoms with van der Waals surface area (Å²) in [6.07, 6.45) is 1.46. The lowest BCUT2D eigenvalue weighted by molar-refractivity contribution is -0.142. The van der Waals surface area contributed by atoms with E-state index in [1.807, 2.05) is 44.2 Å². The quantitative estimate of drug-likeness (QED) is 0.724. The van der Waals surface area contributed by atoms with E-state index in [1.54, 1.807) is 0 Å². The summed E-state index contributed by atoms with van der Waals surface area (Å²) in [6.45, 7) is 4.19. The summed E-state index contributed by atoms with van der Waals surface area (Å²) in [5.74, 6) is -1.51. The lowest BCUT2D eigenvalue weighted by Crippen LogP contribution is -2.54. The maximum atomic E-state index is 12.6. The van der Waals surface area contributed by atoms with Crippen molar-refractivity contribution in [2.24, 2.45) is 0 Å². The number of rotatable bonds is 6. The molecule has 25 heavy (non-hydrogen) atoms. The summed E-state index contributed by atoms with van der Waals surface area (Å²) in [4.78, 5) is 37.7. The van der Waals surface area contributed by atoms with E-state index in [0.717, 1.165) is 12.0 Å². The Balaban J connectivity index is 2.02. The second-order valence-corrected chi connectivity index (χ2v) is 6.54. The van der Waals surface area contributed by atoms with Gasteiger partial charge in [-0.1, -0.05) is 30.3 Å². The number of benzene rings is 1. The number of hydrogen-bond acceptors (Lipinski definition) is 3. The number of nitrogens with zero attached hydrogens (tertiary/aromatic N) is 1. The molecular weight excluding hydrogens is 322 g/mol. The SMILES string of the molecule is CC(C)NC(=O)N1CCC[C@H]1C(=O)NC(Cc1ccccc1)C(=O)O. The van der Waals surface area contributed by atoms with Crippen molar-refractivity contribution in [2.45, 2.75) is 51.2 Å². The van der Waals surface area contributed by atoms with Crippen LogP contribution in [-0.4, -0.2) is 52.6 Å². The number of aliphatic carboxylic acids is 1. The van der Waals surface area contributed by atoms with E-state index in [0.29, 0.717) is 13.0 Å². The van der Waals surface area contributed by atoms with E-state index in [4.69, 9.17) is 0 Å². The lowest BCUT2D eigenvalue weighted by atomic mass is 10.1. The standard InChI is InChI=1S/C18H25N3O4/c1-12(2)19-18(25)21-10-6-9-15(21)16(22)20-14(17(23)24)11-13-7-4-3-5-8-13/h3-5,7-8,12,14-15H,6,9-11H2,1-2H3,(H,19,25)(H,20,22)(H,23,24)/t14?,15-/m0/s1. The molecule has 1 aliphatic heterocycles. The number of carboxylic acid groups (broad SMARTS) is 1. The summed E-state index contributed by atoms with van der Waals surface area (Å²) in [6, 6.07) is 7.17. The highest BCUT2D eigenvalue weighted by Crippen LogP contribution is 2.18. The van der Waals surface area contributed by atoms with E-state index in [2.05, 4.69) is 10.6 Å². The molecule has 1 aromatic rings. The highest BCUT2D eigenvalue weighted by molar-refractivity contribution is 5.90. The minimum absolute atomic E-state index is 0.0262. The Morgan fingerprint density at radius 2 is 1.88 bits per heavy atom. The maximum absolute atomic E-state index is 12.6. The first-order valence-electron chi connectivity index (χ1n) is 8.52. The summed E-state index contributed by atoms with van der Waals surface area (Å²) in [5, 5.41) is 14.8. The number of hydrogen-bond donors (Lipinski definition) is 3. The van der Waals surface area contributed by atoms with Gasteiger partial charge in [0, 0.05) is 19.0 Å². The van der Waals surface area contributed by atoms with E-state index >= 15 is 0 Å². The third-order valence-electron chi connectivity index (χ3n) is 4.13. The molecule has 136 valence electrons. The fourth-order valence-electron chi connectivity index (χ4n) is 2.93. The Morgan fingerprint density at radius 1 is 1.20 bits per heavy atom. The van der Waals surface area contributed by atoms with Crippen molar-refractivity contribution in [1.29, 1.82) is 0 Å². The van der Waals surface area contributed by atoms with Gasteiger partial charge in [0.2, 0.25) is 5.91 Å². The molecule has 7 nitrogen and oxygen atoms in total. The molecule has 1 aliphatic rings. The molecule has 1 fully saturated rings. The first-order chi connectivity index (χ1) is 11.9. The van der Waals surface area contributed by atoms with E-state index < -0.39 is 24.0 Å². The largest absolute Gasteiger partial charge is 0.480 e. The van der Waals surface area contributed by atoms with E-state index in [-0.39, 0.29) is 18.5 Å². The van der Waals surface area contributed by atoms with Gasteiger partial charge in [-0.2, -0.15) is 0 Å². The zero-order chi connectivity index (χ0) is 18.4. The molecule has 1 unspecified atom stereocenters. The zero-order valence-corrected chi connectivity index (χ0v) is 14.6. The molecule has 1 aromatic carbocycles. The van der Waals surface area contributed by atoms with Crippen LogP contribution in [-0.2, 0) is 16.0 Å². The molecule has 1 saturated heterocycles. The number of urea groups is 1. The third kappa shape index (κ3) is 5.20. The third-order valence-corrected chi connectivity index (χ3v) is 4.13. The van der Waals surface area contributed by atoms with Crippen molar-refractivity contribution in [1.82, 2.24) is 15.5 Å². The van der Waals surface area contributed by atoms with Gasteiger partial charge in [0.1, 0.15) is 12.1 Å².